The monoisotopic (exact) mass is 585 g/mol. The van der Waals surface area contributed by atoms with Gasteiger partial charge in [0.1, 0.15) is 4.75 Å². The maximum absolute atomic E-state index is 13.3. The number of nitrogens with zero attached hydrogens (tertiary/aromatic N) is 1. The number of hydrogen-bond donors (Lipinski definition) is 0. The van der Waals surface area contributed by atoms with Crippen molar-refractivity contribution in [1.82, 2.24) is 4.75 Å². The largest absolute Gasteiger partial charge is 0.460 e. The maximum atomic E-state index is 13.3. The van der Waals surface area contributed by atoms with Gasteiger partial charge in [-0.25, -0.2) is 8.42 Å². The van der Waals surface area contributed by atoms with E-state index in [0.29, 0.717) is 0 Å². The molecule has 34 heavy (non-hydrogen) atoms. The molecule has 0 radical (unpaired) electrons. The third-order valence-electron chi connectivity index (χ3n) is 3.59. The van der Waals surface area contributed by atoms with E-state index in [0.717, 1.165) is 0 Å². The van der Waals surface area contributed by atoms with Crippen LogP contribution in [0.4, 0.5) is 92.4 Å². The number of sulfonamides is 1. The molecule has 0 rings (SSSR count). The zero-order valence-electron chi connectivity index (χ0n) is 14.1. The maximum Gasteiger partial charge on any atom is 0.460 e. The predicted octanol–water partition coefficient (Wildman–Crippen LogP) is 5.99. The summed E-state index contributed by atoms with van der Waals surface area (Å²) in [7, 11) is -8.58. The van der Waals surface area contributed by atoms with Crippen molar-refractivity contribution in [2.24, 2.45) is 0 Å². The second-order valence-electron chi connectivity index (χ2n) is 5.71. The molecule has 0 amide bonds. The van der Waals surface area contributed by atoms with E-state index in [4.69, 9.17) is 0 Å². The molecule has 0 fully saturated rings. The van der Waals surface area contributed by atoms with Crippen LogP contribution in [-0.2, 0) is 10.0 Å². The summed E-state index contributed by atoms with van der Waals surface area (Å²) in [5, 5.41) is -8.36. The molecule has 0 unspecified atom stereocenters. The molecule has 0 N–H and O–H groups in total. The van der Waals surface area contributed by atoms with Crippen molar-refractivity contribution in [1.29, 1.82) is 0 Å². The summed E-state index contributed by atoms with van der Waals surface area (Å²) in [6, 6.07) is 0. The second kappa shape index (κ2) is 7.72. The van der Waals surface area contributed by atoms with Crippen molar-refractivity contribution in [3.05, 3.63) is 0 Å². The first-order chi connectivity index (χ1) is 14.2. The third-order valence-corrected chi connectivity index (χ3v) is 4.86. The third kappa shape index (κ3) is 3.61. The van der Waals surface area contributed by atoms with Crippen LogP contribution in [0.5, 0.6) is 0 Å². The Hall–Kier alpha value is -1.56. The molecule has 0 aliphatic heterocycles. The summed E-state index contributed by atoms with van der Waals surface area (Å²) in [4.78, 5) is 0. The molecule has 0 aromatic carbocycles. The Kier molecular flexibility index (Phi) is 7.36. The van der Waals surface area contributed by atoms with Crippen LogP contribution in [0.2, 0.25) is 0 Å². The molecule has 0 aliphatic carbocycles. The van der Waals surface area contributed by atoms with Crippen LogP contribution in [0.3, 0.4) is 0 Å². The molecule has 3 nitrogen and oxygen atoms in total. The molecular formula is C9F21NO2S. The van der Waals surface area contributed by atoms with E-state index in [2.05, 4.69) is 0 Å². The summed E-state index contributed by atoms with van der Waals surface area (Å²) in [5.74, 6) is -63.2. The van der Waals surface area contributed by atoms with Crippen molar-refractivity contribution in [2.75, 3.05) is 0 Å². The average Bonchev–Trinajstić information content (AvgIpc) is 2.58. The zero-order chi connectivity index (χ0) is 28.6. The Morgan fingerprint density at radius 1 is 0.382 bits per heavy atom. The van der Waals surface area contributed by atoms with E-state index in [1.54, 1.807) is 0 Å². The van der Waals surface area contributed by atoms with Gasteiger partial charge in [0, 0.05) is 0 Å². The fourth-order valence-corrected chi connectivity index (χ4v) is 2.22. The van der Waals surface area contributed by atoms with Crippen molar-refractivity contribution in [2.45, 2.75) is 52.9 Å². The number of halogens is 21. The highest BCUT2D eigenvalue weighted by Gasteiger charge is 2.97. The molecule has 0 aliphatic rings. The van der Waals surface area contributed by atoms with E-state index in [9.17, 15) is 101 Å². The molecule has 0 aromatic rings. The molecule has 206 valence electrons. The Balaban J connectivity index is 7.14. The quantitative estimate of drug-likeness (QED) is 0.247. The second-order valence-corrected chi connectivity index (χ2v) is 7.45. The van der Waals surface area contributed by atoms with Gasteiger partial charge in [0.25, 0.3) is 0 Å². The van der Waals surface area contributed by atoms with Crippen molar-refractivity contribution < 1.29 is 101 Å². The Bertz CT molecular complexity index is 869. The lowest BCUT2D eigenvalue weighted by atomic mass is 9.89. The van der Waals surface area contributed by atoms with Crippen molar-refractivity contribution in [3.63, 3.8) is 0 Å². The van der Waals surface area contributed by atoms with Gasteiger partial charge in [-0.2, -0.15) is 83.4 Å². The SMILES string of the molecule is O=S(=O)(N(F)F)C(F)(F)C(F)(F)C(F)(F)C(F)(F)C(F)(F)C(F)(F)C(F)(F)C(F)(F)C(F)(F)F. The van der Waals surface area contributed by atoms with Crippen LogP contribution in [0.25, 0.3) is 0 Å². The minimum absolute atomic E-state index is 4.10. The highest BCUT2D eigenvalue weighted by molar-refractivity contribution is 7.89. The zero-order valence-corrected chi connectivity index (χ0v) is 14.9. The predicted molar refractivity (Wildman–Crippen MR) is 58.6 cm³/mol. The van der Waals surface area contributed by atoms with Gasteiger partial charge in [-0.3, -0.25) is 0 Å². The van der Waals surface area contributed by atoms with Gasteiger partial charge in [0.15, 0.2) is 0 Å². The summed E-state index contributed by atoms with van der Waals surface area (Å²) in [5.41, 5.74) is 0. The van der Waals surface area contributed by atoms with E-state index in [-0.39, 0.29) is 0 Å². The number of hydrogen-bond acceptors (Lipinski definition) is 2. The van der Waals surface area contributed by atoms with Crippen LogP contribution in [0.1, 0.15) is 0 Å². The highest BCUT2D eigenvalue weighted by atomic mass is 32.2. The first-order valence-electron chi connectivity index (χ1n) is 6.65. The number of rotatable bonds is 9. The van der Waals surface area contributed by atoms with Gasteiger partial charge in [0.2, 0.25) is 0 Å². The molecule has 0 heterocycles. The fraction of sp³-hybridized carbons (Fsp3) is 1.00. The topological polar surface area (TPSA) is 37.4 Å². The van der Waals surface area contributed by atoms with Gasteiger partial charge >= 0.3 is 62.9 Å². The smallest absolute Gasteiger partial charge is 0.201 e. The Labute approximate surface area is 170 Å². The van der Waals surface area contributed by atoms with Crippen LogP contribution in [0, 0.1) is 0 Å². The van der Waals surface area contributed by atoms with Crippen molar-refractivity contribution in [3.8, 4) is 0 Å². The first-order valence-corrected chi connectivity index (χ1v) is 8.09. The van der Waals surface area contributed by atoms with Gasteiger partial charge in [-0.15, -0.1) is 0 Å². The minimum atomic E-state index is -9.28. The standard InChI is InChI=1S/C9F21NO2S/c10-1(11,2(12,13)4(16,17)6(20,21)8(24,25)26)3(14,15)5(18,19)7(22,23)9(27,28)34(32,33)31(29)30. The normalized spacial score (nSPS) is 16.9. The van der Waals surface area contributed by atoms with Crippen LogP contribution in [0.15, 0.2) is 0 Å². The van der Waals surface area contributed by atoms with Crippen LogP contribution < -0.4 is 0 Å². The highest BCUT2D eigenvalue weighted by Crippen LogP contribution is 2.65. The minimum Gasteiger partial charge on any atom is -0.201 e. The van der Waals surface area contributed by atoms with E-state index < -0.39 is 67.7 Å². The molecule has 0 atom stereocenters. The lowest BCUT2D eigenvalue weighted by Gasteiger charge is -2.43. The summed E-state index contributed by atoms with van der Waals surface area (Å²) in [6.07, 6.45) is -8.05. The van der Waals surface area contributed by atoms with Crippen LogP contribution in [-0.4, -0.2) is 66.1 Å². The van der Waals surface area contributed by atoms with E-state index in [1.807, 2.05) is 0 Å². The Morgan fingerprint density at radius 2 is 0.588 bits per heavy atom. The Morgan fingerprint density at radius 3 is 0.794 bits per heavy atom. The van der Waals surface area contributed by atoms with E-state index in [1.165, 1.54) is 0 Å². The fourth-order valence-electron chi connectivity index (χ4n) is 1.60. The summed E-state index contributed by atoms with van der Waals surface area (Å²) in [6.45, 7) is 0. The summed E-state index contributed by atoms with van der Waals surface area (Å²) < 4.78 is 284. The van der Waals surface area contributed by atoms with Gasteiger partial charge in [-0.05, 0) is 0 Å². The van der Waals surface area contributed by atoms with Crippen molar-refractivity contribution >= 4 is 10.0 Å². The molecular weight excluding hydrogens is 585 g/mol. The molecule has 0 saturated heterocycles. The number of alkyl halides is 19. The molecule has 0 aromatic heterocycles. The van der Waals surface area contributed by atoms with Gasteiger partial charge in [-0.1, -0.05) is 8.96 Å². The van der Waals surface area contributed by atoms with Crippen LogP contribution >= 0.6 is 0 Å². The lowest BCUT2D eigenvalue weighted by molar-refractivity contribution is -0.466. The van der Waals surface area contributed by atoms with Gasteiger partial charge in [0.05, 0.1) is 0 Å². The summed E-state index contributed by atoms with van der Waals surface area (Å²) >= 11 is 0. The van der Waals surface area contributed by atoms with Gasteiger partial charge < -0.3 is 0 Å². The molecule has 0 bridgehead atoms. The molecule has 25 heteroatoms. The molecule has 0 spiro atoms. The first kappa shape index (κ1) is 32.4. The lowest BCUT2D eigenvalue weighted by Crippen LogP contribution is -2.76. The molecule has 0 saturated carbocycles. The van der Waals surface area contributed by atoms with E-state index >= 15 is 0 Å². The average molecular weight is 585 g/mol.